The van der Waals surface area contributed by atoms with Crippen LogP contribution < -0.4 is 9.80 Å². The van der Waals surface area contributed by atoms with E-state index in [2.05, 4.69) is 183 Å². The molecule has 8 nitrogen and oxygen atoms in total. The fourth-order valence-electron chi connectivity index (χ4n) is 11.3. The Hall–Kier alpha value is -10.2. The van der Waals surface area contributed by atoms with Crippen LogP contribution in [0.15, 0.2) is 267 Å². The van der Waals surface area contributed by atoms with E-state index in [1.807, 2.05) is 121 Å². The molecular formula is C72H56N8. The van der Waals surface area contributed by atoms with Gasteiger partial charge in [-0.3, -0.25) is 0 Å². The summed E-state index contributed by atoms with van der Waals surface area (Å²) < 4.78 is 0. The van der Waals surface area contributed by atoms with Gasteiger partial charge in [0.2, 0.25) is 0 Å². The Morgan fingerprint density at radius 2 is 0.400 bits per heavy atom. The summed E-state index contributed by atoms with van der Waals surface area (Å²) in [5.74, 6) is 3.95. The Bertz CT molecular complexity index is 3680. The number of hydrogen-bond acceptors (Lipinski definition) is 8. The molecule has 0 radical (unpaired) electrons. The average Bonchev–Trinajstić information content (AvgIpc) is 3.65. The lowest BCUT2D eigenvalue weighted by atomic mass is 9.73. The van der Waals surface area contributed by atoms with Crippen molar-refractivity contribution < 1.29 is 0 Å². The second-order valence-corrected chi connectivity index (χ2v) is 21.2. The highest BCUT2D eigenvalue weighted by molar-refractivity contribution is 5.88. The Labute approximate surface area is 467 Å². The van der Waals surface area contributed by atoms with Crippen LogP contribution in [0.1, 0.15) is 49.9 Å². The molecule has 0 spiro atoms. The first-order valence-corrected chi connectivity index (χ1v) is 27.1. The van der Waals surface area contributed by atoms with Crippen molar-refractivity contribution in [3.8, 4) is 68.3 Å². The van der Waals surface area contributed by atoms with E-state index in [-0.39, 0.29) is 10.8 Å². The van der Waals surface area contributed by atoms with Gasteiger partial charge >= 0.3 is 0 Å². The summed E-state index contributed by atoms with van der Waals surface area (Å²) in [7, 11) is 0. The molecule has 4 heterocycles. The van der Waals surface area contributed by atoms with Gasteiger partial charge in [0.25, 0.3) is 0 Å². The van der Waals surface area contributed by atoms with Gasteiger partial charge < -0.3 is 9.80 Å². The first-order chi connectivity index (χ1) is 39.2. The van der Waals surface area contributed by atoms with Crippen molar-refractivity contribution in [2.24, 2.45) is 0 Å². The molecule has 0 amide bonds. The fraction of sp³-hybridized carbons (Fsp3) is 0.0833. The lowest BCUT2D eigenvalue weighted by molar-refractivity contribution is 0.632. The third-order valence-electron chi connectivity index (χ3n) is 15.4. The molecule has 2 aliphatic rings. The molecule has 8 heteroatoms. The fourth-order valence-corrected chi connectivity index (χ4v) is 11.3. The smallest absolute Gasteiger partial charge is 0.164 e. The van der Waals surface area contributed by atoms with Gasteiger partial charge in [0, 0.05) is 55.6 Å². The molecule has 10 aromatic carbocycles. The molecule has 0 saturated heterocycles. The van der Waals surface area contributed by atoms with Crippen molar-refractivity contribution in [2.75, 3.05) is 9.80 Å². The molecular weight excluding hydrogens is 977 g/mol. The number of hydrogen-bond donors (Lipinski definition) is 0. The standard InChI is InChI=1S/2C36H28N4/c2*1-36(2)29-17-9-11-19-31(29)40(32-20-12-10-18-30(32)36)28-23-21-27(22-24-28)35-38-33(25-13-5-3-6-14-25)37-34(39-35)26-15-7-4-8-16-26/h2*3-24H,1-2H3. The van der Waals surface area contributed by atoms with Crippen molar-refractivity contribution in [3.63, 3.8) is 0 Å². The van der Waals surface area contributed by atoms with E-state index >= 15 is 0 Å². The molecule has 384 valence electrons. The van der Waals surface area contributed by atoms with Crippen LogP contribution in [0.3, 0.4) is 0 Å². The van der Waals surface area contributed by atoms with E-state index in [0.29, 0.717) is 34.9 Å². The van der Waals surface area contributed by atoms with Crippen molar-refractivity contribution in [1.29, 1.82) is 0 Å². The van der Waals surface area contributed by atoms with Crippen LogP contribution in [-0.4, -0.2) is 29.9 Å². The predicted octanol–water partition coefficient (Wildman–Crippen LogP) is 18.0. The van der Waals surface area contributed by atoms with E-state index in [1.165, 1.54) is 45.0 Å². The number of aromatic nitrogens is 6. The number of anilines is 6. The van der Waals surface area contributed by atoms with Gasteiger partial charge in [-0.05, 0) is 95.1 Å². The number of rotatable bonds is 8. The van der Waals surface area contributed by atoms with Crippen LogP contribution in [0.2, 0.25) is 0 Å². The first kappa shape index (κ1) is 49.4. The van der Waals surface area contributed by atoms with Crippen molar-refractivity contribution in [1.82, 2.24) is 29.9 Å². The lowest BCUT2D eigenvalue weighted by Gasteiger charge is -2.42. The zero-order valence-electron chi connectivity index (χ0n) is 45.0. The highest BCUT2D eigenvalue weighted by atomic mass is 15.2. The van der Waals surface area contributed by atoms with E-state index < -0.39 is 0 Å². The highest BCUT2D eigenvalue weighted by Crippen LogP contribution is 2.53. The van der Waals surface area contributed by atoms with Crippen LogP contribution in [0, 0.1) is 0 Å². The second-order valence-electron chi connectivity index (χ2n) is 21.2. The minimum atomic E-state index is -0.0871. The van der Waals surface area contributed by atoms with Gasteiger partial charge in [0.1, 0.15) is 0 Å². The minimum Gasteiger partial charge on any atom is -0.310 e. The van der Waals surface area contributed by atoms with Gasteiger partial charge in [-0.25, -0.2) is 29.9 Å². The Kier molecular flexibility index (Phi) is 12.7. The maximum Gasteiger partial charge on any atom is 0.164 e. The number of benzene rings is 10. The van der Waals surface area contributed by atoms with Crippen molar-refractivity contribution in [2.45, 2.75) is 38.5 Å². The molecule has 0 N–H and O–H groups in total. The zero-order chi connectivity index (χ0) is 54.2. The quantitative estimate of drug-likeness (QED) is 0.149. The first-order valence-electron chi connectivity index (χ1n) is 27.1. The van der Waals surface area contributed by atoms with Crippen LogP contribution in [0.4, 0.5) is 34.1 Å². The molecule has 12 aromatic rings. The van der Waals surface area contributed by atoms with Gasteiger partial charge in [-0.2, -0.15) is 0 Å². The summed E-state index contributed by atoms with van der Waals surface area (Å²) in [6, 6.07) is 92.2. The summed E-state index contributed by atoms with van der Waals surface area (Å²) in [6.45, 7) is 9.22. The molecule has 2 aromatic heterocycles. The summed E-state index contributed by atoms with van der Waals surface area (Å²) >= 11 is 0. The third-order valence-corrected chi connectivity index (χ3v) is 15.4. The summed E-state index contributed by atoms with van der Waals surface area (Å²) in [4.78, 5) is 34.0. The van der Waals surface area contributed by atoms with E-state index in [9.17, 15) is 0 Å². The molecule has 0 atom stereocenters. The molecule has 0 aliphatic carbocycles. The summed E-state index contributed by atoms with van der Waals surface area (Å²) in [5.41, 5.74) is 17.8. The van der Waals surface area contributed by atoms with Gasteiger partial charge in [-0.1, -0.05) is 222 Å². The maximum atomic E-state index is 4.90. The van der Waals surface area contributed by atoms with Gasteiger partial charge in [-0.15, -0.1) is 0 Å². The number of nitrogens with zero attached hydrogens (tertiary/aromatic N) is 8. The SMILES string of the molecule is CC1(C)c2ccccc2N(c2ccc(-c3nc(-c4ccccc4)nc(-c4ccccc4)n3)cc2)c2ccccc21.CC1(C)c2ccccc2N(c2ccc(-c3nc(-c4ccccc4)nc(-c4ccccc4)n3)cc2)c2ccccc21. The van der Waals surface area contributed by atoms with E-state index in [1.54, 1.807) is 0 Å². The maximum absolute atomic E-state index is 4.90. The average molecular weight is 1030 g/mol. The van der Waals surface area contributed by atoms with Crippen LogP contribution >= 0.6 is 0 Å². The minimum absolute atomic E-state index is 0.0871. The van der Waals surface area contributed by atoms with Gasteiger partial charge in [0.15, 0.2) is 34.9 Å². The van der Waals surface area contributed by atoms with Crippen LogP contribution in [-0.2, 0) is 10.8 Å². The number of fused-ring (bicyclic) bond motifs is 4. The topological polar surface area (TPSA) is 83.8 Å². The van der Waals surface area contributed by atoms with E-state index in [0.717, 1.165) is 44.8 Å². The third kappa shape index (κ3) is 9.16. The number of para-hydroxylation sites is 4. The largest absolute Gasteiger partial charge is 0.310 e. The molecule has 0 bridgehead atoms. The van der Waals surface area contributed by atoms with Gasteiger partial charge in [0.05, 0.1) is 22.7 Å². The van der Waals surface area contributed by atoms with Crippen molar-refractivity contribution >= 4 is 34.1 Å². The Morgan fingerprint density at radius 3 is 0.625 bits per heavy atom. The monoisotopic (exact) mass is 1030 g/mol. The summed E-state index contributed by atoms with van der Waals surface area (Å²) in [6.07, 6.45) is 0. The Morgan fingerprint density at radius 1 is 0.212 bits per heavy atom. The molecule has 80 heavy (non-hydrogen) atoms. The Balaban J connectivity index is 0.000000151. The molecule has 14 rings (SSSR count). The van der Waals surface area contributed by atoms with Crippen molar-refractivity contribution in [3.05, 3.63) is 289 Å². The zero-order valence-corrected chi connectivity index (χ0v) is 45.0. The molecule has 0 saturated carbocycles. The molecule has 0 unspecified atom stereocenters. The summed E-state index contributed by atoms with van der Waals surface area (Å²) in [5, 5.41) is 0. The van der Waals surface area contributed by atoms with E-state index in [4.69, 9.17) is 29.9 Å². The molecule has 0 fully saturated rings. The normalized spacial score (nSPS) is 13.4. The predicted molar refractivity (Wildman–Crippen MR) is 326 cm³/mol. The second kappa shape index (κ2) is 20.6. The molecule has 2 aliphatic heterocycles. The van der Waals surface area contributed by atoms with Crippen LogP contribution in [0.5, 0.6) is 0 Å². The lowest BCUT2D eigenvalue weighted by Crippen LogP contribution is -2.30. The van der Waals surface area contributed by atoms with Crippen LogP contribution in [0.25, 0.3) is 68.3 Å². The highest BCUT2D eigenvalue weighted by Gasteiger charge is 2.38.